The summed E-state index contributed by atoms with van der Waals surface area (Å²) in [6.07, 6.45) is 4.48. The van der Waals surface area contributed by atoms with E-state index in [1.807, 2.05) is 121 Å². The highest BCUT2D eigenvalue weighted by Crippen LogP contribution is 2.46. The van der Waals surface area contributed by atoms with Gasteiger partial charge in [0.05, 0.1) is 22.3 Å². The van der Waals surface area contributed by atoms with Gasteiger partial charge in [0.25, 0.3) is 0 Å². The second-order valence-corrected chi connectivity index (χ2v) is 17.5. The van der Waals surface area contributed by atoms with Gasteiger partial charge in [-0.3, -0.25) is 0 Å². The Morgan fingerprint density at radius 2 is 0.739 bits per heavy atom. The first-order chi connectivity index (χ1) is 33.9. The third kappa shape index (κ3) is 6.88. The summed E-state index contributed by atoms with van der Waals surface area (Å²) in [5.41, 5.74) is 12.5. The maximum atomic E-state index is 12.0. The van der Waals surface area contributed by atoms with Gasteiger partial charge in [-0.15, -0.1) is 0 Å². The Balaban J connectivity index is 1.01. The molecule has 2 N–H and O–H groups in total. The standard InChI is InChI=1S/C58H41N5O6/c1-2-3-4-13-26-63-47-24-22-33(35-29-39(55-59-43-14-5-9-18-49(43)66-55)53(64)40(30-35)56-60-44-15-6-10-19-50(44)67-56)27-37(47)38-28-34(23-25-48(38)63)36-31-41(57-61-45-16-7-11-20-51(45)68-57)54(65)42(32-36)58-62-46-17-8-12-21-52(46)69-58/h5-12,14-25,27-32,64-65H,2-4,13,26H2,1H3. The van der Waals surface area contributed by atoms with Crippen molar-refractivity contribution in [1.29, 1.82) is 0 Å². The zero-order valence-electron chi connectivity index (χ0n) is 37.3. The number of benzene rings is 8. The van der Waals surface area contributed by atoms with E-state index in [1.165, 1.54) is 6.42 Å². The van der Waals surface area contributed by atoms with Crippen molar-refractivity contribution in [2.45, 2.75) is 39.2 Å². The molecule has 0 radical (unpaired) electrons. The second-order valence-electron chi connectivity index (χ2n) is 17.5. The molecule has 13 rings (SSSR count). The third-order valence-corrected chi connectivity index (χ3v) is 13.1. The average Bonchev–Trinajstić information content (AvgIpc) is 4.24. The summed E-state index contributed by atoms with van der Waals surface area (Å²) in [6, 6.07) is 50.9. The van der Waals surface area contributed by atoms with Crippen molar-refractivity contribution >= 4 is 66.2 Å². The van der Waals surface area contributed by atoms with Crippen LogP contribution in [0.5, 0.6) is 11.5 Å². The van der Waals surface area contributed by atoms with Gasteiger partial charge in [0.15, 0.2) is 22.3 Å². The Morgan fingerprint density at radius 1 is 0.391 bits per heavy atom. The van der Waals surface area contributed by atoms with Crippen LogP contribution < -0.4 is 0 Å². The number of aryl methyl sites for hydroxylation is 1. The molecule has 13 aromatic rings. The van der Waals surface area contributed by atoms with Crippen LogP contribution in [-0.2, 0) is 6.54 Å². The Kier molecular flexibility index (Phi) is 9.43. The molecule has 0 unspecified atom stereocenters. The number of phenolic OH excluding ortho intramolecular Hbond substituents is 2. The SMILES string of the molecule is CCCCCCn1c2ccc(-c3cc(-c4nc5ccccc5o4)c(O)c(-c4nc5ccccc5o4)c3)cc2c2cc(-c3cc(-c4nc5ccccc5o4)c(O)c(-c4nc5ccccc5o4)c3)ccc21. The Hall–Kier alpha value is -8.96. The summed E-state index contributed by atoms with van der Waals surface area (Å²) >= 11 is 0. The number of aromatic nitrogens is 5. The molecule has 69 heavy (non-hydrogen) atoms. The van der Waals surface area contributed by atoms with Crippen LogP contribution in [0.1, 0.15) is 32.6 Å². The molecule has 5 aromatic heterocycles. The van der Waals surface area contributed by atoms with Crippen LogP contribution in [-0.4, -0.2) is 34.7 Å². The van der Waals surface area contributed by atoms with Crippen LogP contribution in [0.2, 0.25) is 0 Å². The molecule has 0 aliphatic carbocycles. The lowest BCUT2D eigenvalue weighted by Crippen LogP contribution is -1.97. The van der Waals surface area contributed by atoms with Crippen LogP contribution >= 0.6 is 0 Å². The zero-order valence-corrected chi connectivity index (χ0v) is 37.3. The van der Waals surface area contributed by atoms with Crippen molar-refractivity contribution in [2.24, 2.45) is 0 Å². The lowest BCUT2D eigenvalue weighted by molar-refractivity contribution is 0.472. The summed E-state index contributed by atoms with van der Waals surface area (Å²) in [7, 11) is 0. The largest absolute Gasteiger partial charge is 0.506 e. The molecule has 8 aromatic carbocycles. The maximum absolute atomic E-state index is 12.0. The summed E-state index contributed by atoms with van der Waals surface area (Å²) in [4.78, 5) is 19.2. The molecule has 0 fully saturated rings. The molecule has 5 heterocycles. The van der Waals surface area contributed by atoms with Gasteiger partial charge in [-0.25, -0.2) is 19.9 Å². The molecule has 11 heteroatoms. The number of aromatic hydroxyl groups is 2. The van der Waals surface area contributed by atoms with Gasteiger partial charge in [-0.1, -0.05) is 86.8 Å². The molecule has 0 spiro atoms. The summed E-state index contributed by atoms with van der Waals surface area (Å²) in [5.74, 6) is 1.04. The predicted octanol–water partition coefficient (Wildman–Crippen LogP) is 15.4. The van der Waals surface area contributed by atoms with E-state index in [-0.39, 0.29) is 35.1 Å². The van der Waals surface area contributed by atoms with E-state index in [1.54, 1.807) is 0 Å². The van der Waals surface area contributed by atoms with Gasteiger partial charge in [0, 0.05) is 28.4 Å². The molecule has 334 valence electrons. The molecular weight excluding hydrogens is 863 g/mol. The maximum Gasteiger partial charge on any atom is 0.231 e. The van der Waals surface area contributed by atoms with Crippen molar-refractivity contribution in [1.82, 2.24) is 24.5 Å². The van der Waals surface area contributed by atoms with E-state index >= 15 is 0 Å². The fourth-order valence-corrected chi connectivity index (χ4v) is 9.60. The van der Waals surface area contributed by atoms with Crippen molar-refractivity contribution in [3.63, 3.8) is 0 Å². The molecular formula is C58H41N5O6. The normalized spacial score (nSPS) is 12.0. The minimum absolute atomic E-state index is 0.0467. The van der Waals surface area contributed by atoms with Crippen molar-refractivity contribution in [2.75, 3.05) is 0 Å². The Labute approximate surface area is 393 Å². The summed E-state index contributed by atoms with van der Waals surface area (Å²) in [6.45, 7) is 3.08. The van der Waals surface area contributed by atoms with Crippen molar-refractivity contribution in [3.8, 4) is 79.6 Å². The van der Waals surface area contributed by atoms with Crippen LogP contribution in [0, 0.1) is 0 Å². The van der Waals surface area contributed by atoms with E-state index in [9.17, 15) is 10.2 Å². The van der Waals surface area contributed by atoms with E-state index in [2.05, 4.69) is 47.9 Å². The molecule has 11 nitrogen and oxygen atoms in total. The third-order valence-electron chi connectivity index (χ3n) is 13.1. The molecule has 0 bridgehead atoms. The highest BCUT2D eigenvalue weighted by Gasteiger charge is 2.25. The number of rotatable bonds is 11. The smallest absolute Gasteiger partial charge is 0.231 e. The first kappa shape index (κ1) is 40.3. The fraction of sp³-hybridized carbons (Fsp3) is 0.103. The molecule has 0 aliphatic heterocycles. The number of oxazole rings is 4. The quantitative estimate of drug-likeness (QED) is 0.120. The lowest BCUT2D eigenvalue weighted by Gasteiger charge is -2.11. The number of unbranched alkanes of at least 4 members (excludes halogenated alkanes) is 3. The van der Waals surface area contributed by atoms with Crippen LogP contribution in [0.4, 0.5) is 0 Å². The lowest BCUT2D eigenvalue weighted by atomic mass is 9.95. The van der Waals surface area contributed by atoms with Crippen molar-refractivity contribution < 1.29 is 27.9 Å². The van der Waals surface area contributed by atoms with Gasteiger partial charge in [-0.05, 0) is 126 Å². The van der Waals surface area contributed by atoms with Gasteiger partial charge in [0.2, 0.25) is 23.6 Å². The molecule has 0 saturated heterocycles. The highest BCUT2D eigenvalue weighted by molar-refractivity contribution is 6.11. The second kappa shape index (κ2) is 16.1. The van der Waals surface area contributed by atoms with Gasteiger partial charge in [-0.2, -0.15) is 0 Å². The van der Waals surface area contributed by atoms with E-state index < -0.39 is 0 Å². The fourth-order valence-electron chi connectivity index (χ4n) is 9.60. The first-order valence-electron chi connectivity index (χ1n) is 23.2. The average molecular weight is 904 g/mol. The first-order valence-corrected chi connectivity index (χ1v) is 23.2. The minimum Gasteiger partial charge on any atom is -0.506 e. The number of para-hydroxylation sites is 8. The van der Waals surface area contributed by atoms with E-state index in [4.69, 9.17) is 37.6 Å². The van der Waals surface area contributed by atoms with Crippen molar-refractivity contribution in [3.05, 3.63) is 158 Å². The van der Waals surface area contributed by atoms with Crippen LogP contribution in [0.25, 0.3) is 134 Å². The summed E-state index contributed by atoms with van der Waals surface area (Å²) in [5, 5.41) is 26.2. The number of hydrogen-bond acceptors (Lipinski definition) is 10. The topological polar surface area (TPSA) is 150 Å². The van der Waals surface area contributed by atoms with E-state index in [0.29, 0.717) is 66.7 Å². The highest BCUT2D eigenvalue weighted by atomic mass is 16.4. The molecule has 0 aliphatic rings. The Morgan fingerprint density at radius 3 is 1.07 bits per heavy atom. The number of phenols is 2. The number of nitrogens with zero attached hydrogens (tertiary/aromatic N) is 5. The van der Waals surface area contributed by atoms with Crippen LogP contribution in [0.3, 0.4) is 0 Å². The monoisotopic (exact) mass is 903 g/mol. The molecule has 0 amide bonds. The minimum atomic E-state index is -0.0467. The number of hydrogen-bond donors (Lipinski definition) is 2. The number of fused-ring (bicyclic) bond motifs is 7. The summed E-state index contributed by atoms with van der Waals surface area (Å²) < 4.78 is 27.5. The molecule has 0 saturated carbocycles. The van der Waals surface area contributed by atoms with Gasteiger partial charge < -0.3 is 32.4 Å². The predicted molar refractivity (Wildman–Crippen MR) is 270 cm³/mol. The Bertz CT molecular complexity index is 3550. The van der Waals surface area contributed by atoms with E-state index in [0.717, 1.165) is 69.9 Å². The molecule has 0 atom stereocenters. The van der Waals surface area contributed by atoms with Gasteiger partial charge >= 0.3 is 0 Å². The van der Waals surface area contributed by atoms with Crippen LogP contribution in [0.15, 0.2) is 175 Å². The zero-order chi connectivity index (χ0) is 46.2. The van der Waals surface area contributed by atoms with Gasteiger partial charge in [0.1, 0.15) is 33.6 Å².